The molecular weight excluding hydrogens is 824 g/mol. The standard InChI is InChI=1S/C48H63N4O10P/c1-8-40(41-21-24-44(52(29-34(2)3)30-35(4)5)43(27-41)51-48(56)50-42-22-19-36(6)20-23-42)28-46(54)59-33-58-45(53)25-26-49-47(55)37(7)62-63(57,60-31-38-15-11-9-12-16-38)61-32-39-17-13-10-14-18-39/h9-24,27,34-35,37,40H,8,25-26,28-33H2,1-7H3,(H,49,55)(H2,50,51,56). The van der Waals surface area contributed by atoms with Crippen LogP contribution in [0.2, 0.25) is 0 Å². The third-order valence-corrected chi connectivity index (χ3v) is 11.1. The molecule has 0 fully saturated rings. The quantitative estimate of drug-likeness (QED) is 0.0329. The number of hydrogen-bond acceptors (Lipinski definition) is 11. The summed E-state index contributed by atoms with van der Waals surface area (Å²) in [6.45, 7) is 14.6. The van der Waals surface area contributed by atoms with Gasteiger partial charge in [0.1, 0.15) is 6.10 Å². The third-order valence-electron chi connectivity index (χ3n) is 9.66. The summed E-state index contributed by atoms with van der Waals surface area (Å²) < 4.78 is 40.8. The Morgan fingerprint density at radius 3 is 1.84 bits per heavy atom. The van der Waals surface area contributed by atoms with E-state index < -0.39 is 38.6 Å². The molecule has 0 saturated heterocycles. The maximum Gasteiger partial charge on any atom is 0.476 e. The van der Waals surface area contributed by atoms with Gasteiger partial charge in [-0.15, -0.1) is 0 Å². The monoisotopic (exact) mass is 886 g/mol. The van der Waals surface area contributed by atoms with Gasteiger partial charge in [0.2, 0.25) is 12.7 Å². The number of benzene rings is 4. The Hall–Kier alpha value is -5.53. The molecule has 2 atom stereocenters. The van der Waals surface area contributed by atoms with Gasteiger partial charge in [0.25, 0.3) is 0 Å². The van der Waals surface area contributed by atoms with Crippen LogP contribution in [0.4, 0.5) is 21.9 Å². The highest BCUT2D eigenvalue weighted by Crippen LogP contribution is 2.52. The normalized spacial score (nSPS) is 12.3. The largest absolute Gasteiger partial charge is 0.476 e. The van der Waals surface area contributed by atoms with Gasteiger partial charge in [0, 0.05) is 25.3 Å². The first-order valence-corrected chi connectivity index (χ1v) is 22.9. The molecule has 3 amide bonds. The maximum atomic E-state index is 13.6. The molecule has 4 aromatic carbocycles. The molecule has 14 nitrogen and oxygen atoms in total. The predicted octanol–water partition coefficient (Wildman–Crippen LogP) is 10.1. The zero-order valence-corrected chi connectivity index (χ0v) is 38.4. The van der Waals surface area contributed by atoms with Crippen LogP contribution >= 0.6 is 7.82 Å². The predicted molar refractivity (Wildman–Crippen MR) is 245 cm³/mol. The molecule has 0 heterocycles. The molecule has 0 saturated carbocycles. The zero-order chi connectivity index (χ0) is 45.8. The number of hydrogen-bond donors (Lipinski definition) is 3. The van der Waals surface area contributed by atoms with E-state index in [1.807, 2.05) is 92.7 Å². The summed E-state index contributed by atoms with van der Waals surface area (Å²) in [5.74, 6) is -1.45. The van der Waals surface area contributed by atoms with Gasteiger partial charge < -0.3 is 30.3 Å². The number of phosphoric acid groups is 1. The van der Waals surface area contributed by atoms with Crippen LogP contribution in [0.25, 0.3) is 0 Å². The number of aryl methyl sites for hydroxylation is 1. The molecule has 2 unspecified atom stereocenters. The average Bonchev–Trinajstić information content (AvgIpc) is 3.25. The summed E-state index contributed by atoms with van der Waals surface area (Å²) in [6, 6.07) is 31.1. The lowest BCUT2D eigenvalue weighted by Gasteiger charge is -2.31. The number of carbonyl (C=O) groups is 4. The highest BCUT2D eigenvalue weighted by molar-refractivity contribution is 7.48. The minimum absolute atomic E-state index is 0.00598. The van der Waals surface area contributed by atoms with Crippen LogP contribution in [-0.4, -0.2) is 56.4 Å². The van der Waals surface area contributed by atoms with E-state index in [1.165, 1.54) is 6.92 Å². The van der Waals surface area contributed by atoms with Gasteiger partial charge in [-0.2, -0.15) is 0 Å². The van der Waals surface area contributed by atoms with Crippen LogP contribution < -0.4 is 20.9 Å². The maximum absolute atomic E-state index is 13.6. The van der Waals surface area contributed by atoms with Crippen molar-refractivity contribution in [1.29, 1.82) is 0 Å². The Morgan fingerprint density at radius 2 is 1.29 bits per heavy atom. The smallest absolute Gasteiger partial charge is 0.428 e. The summed E-state index contributed by atoms with van der Waals surface area (Å²) in [5.41, 5.74) is 5.54. The molecule has 4 aromatic rings. The van der Waals surface area contributed by atoms with Crippen molar-refractivity contribution in [3.63, 3.8) is 0 Å². The second-order valence-electron chi connectivity index (χ2n) is 16.1. The van der Waals surface area contributed by atoms with Gasteiger partial charge in [-0.25, -0.2) is 9.36 Å². The van der Waals surface area contributed by atoms with Gasteiger partial charge in [0.05, 0.1) is 37.4 Å². The van der Waals surface area contributed by atoms with Crippen LogP contribution in [0.5, 0.6) is 0 Å². The number of amides is 3. The van der Waals surface area contributed by atoms with Crippen LogP contribution in [0.3, 0.4) is 0 Å². The number of nitrogens with one attached hydrogen (secondary N) is 3. The number of anilines is 3. The fourth-order valence-electron chi connectivity index (χ4n) is 6.48. The van der Waals surface area contributed by atoms with E-state index in [0.29, 0.717) is 29.6 Å². The second kappa shape index (κ2) is 25.5. The average molecular weight is 887 g/mol. The van der Waals surface area contributed by atoms with Crippen molar-refractivity contribution in [2.75, 3.05) is 42.0 Å². The van der Waals surface area contributed by atoms with Gasteiger partial charge >= 0.3 is 25.8 Å². The number of ether oxygens (including phenoxy) is 2. The number of rotatable bonds is 25. The van der Waals surface area contributed by atoms with Crippen molar-refractivity contribution in [3.8, 4) is 0 Å². The van der Waals surface area contributed by atoms with E-state index in [0.717, 1.165) is 41.0 Å². The molecule has 0 aliphatic carbocycles. The highest BCUT2D eigenvalue weighted by atomic mass is 31.2. The van der Waals surface area contributed by atoms with Crippen LogP contribution in [-0.2, 0) is 55.2 Å². The molecule has 340 valence electrons. The molecule has 3 N–H and O–H groups in total. The minimum atomic E-state index is -4.23. The van der Waals surface area contributed by atoms with Crippen molar-refractivity contribution in [1.82, 2.24) is 5.32 Å². The van der Waals surface area contributed by atoms with Crippen LogP contribution in [0, 0.1) is 18.8 Å². The Kier molecular flexibility index (Phi) is 20.3. The van der Waals surface area contributed by atoms with Gasteiger partial charge in [0.15, 0.2) is 0 Å². The Bertz CT molecular complexity index is 2040. The molecule has 0 bridgehead atoms. The molecule has 0 spiro atoms. The topological polar surface area (TPSA) is 171 Å². The zero-order valence-electron chi connectivity index (χ0n) is 37.5. The number of phosphoric ester groups is 1. The van der Waals surface area contributed by atoms with E-state index in [4.69, 9.17) is 23.0 Å². The SMILES string of the molecule is CCC(CC(=O)OCOC(=O)CCNC(=O)C(C)OP(=O)(OCc1ccccc1)OCc1ccccc1)c1ccc(N(CC(C)C)CC(C)C)c(NC(=O)Nc2ccc(C)cc2)c1. The molecule has 4 rings (SSSR count). The fourth-order valence-corrected chi connectivity index (χ4v) is 7.77. The molecule has 15 heteroatoms. The van der Waals surface area contributed by atoms with E-state index >= 15 is 0 Å². The lowest BCUT2D eigenvalue weighted by molar-refractivity contribution is -0.167. The number of nitrogens with zero attached hydrogens (tertiary/aromatic N) is 1. The van der Waals surface area contributed by atoms with E-state index in [-0.39, 0.29) is 44.5 Å². The second-order valence-corrected chi connectivity index (χ2v) is 17.7. The molecule has 0 aliphatic rings. The van der Waals surface area contributed by atoms with Gasteiger partial charge in [-0.05, 0) is 79.0 Å². The van der Waals surface area contributed by atoms with E-state index in [1.54, 1.807) is 24.3 Å². The first kappa shape index (κ1) is 50.1. The Morgan fingerprint density at radius 1 is 0.714 bits per heavy atom. The lowest BCUT2D eigenvalue weighted by Crippen LogP contribution is -2.35. The molecule has 0 radical (unpaired) electrons. The number of esters is 2. The first-order chi connectivity index (χ1) is 30.1. The van der Waals surface area contributed by atoms with Crippen molar-refractivity contribution in [2.24, 2.45) is 11.8 Å². The Labute approximate surface area is 372 Å². The van der Waals surface area contributed by atoms with Crippen molar-refractivity contribution >= 4 is 48.8 Å². The number of urea groups is 1. The van der Waals surface area contributed by atoms with E-state index in [2.05, 4.69) is 48.5 Å². The molecule has 0 aliphatic heterocycles. The number of carbonyl (C=O) groups excluding carboxylic acids is 4. The Balaban J connectivity index is 1.28. The van der Waals surface area contributed by atoms with Crippen LogP contribution in [0.15, 0.2) is 103 Å². The summed E-state index contributed by atoms with van der Waals surface area (Å²) >= 11 is 0. The first-order valence-electron chi connectivity index (χ1n) is 21.4. The van der Waals surface area contributed by atoms with Gasteiger partial charge in [-0.1, -0.05) is 119 Å². The molecule has 63 heavy (non-hydrogen) atoms. The highest BCUT2D eigenvalue weighted by Gasteiger charge is 2.32. The van der Waals surface area contributed by atoms with Crippen LogP contribution in [0.1, 0.15) is 89.0 Å². The summed E-state index contributed by atoms with van der Waals surface area (Å²) in [4.78, 5) is 53.9. The minimum Gasteiger partial charge on any atom is -0.428 e. The van der Waals surface area contributed by atoms with Gasteiger partial charge in [-0.3, -0.25) is 28.0 Å². The summed E-state index contributed by atoms with van der Waals surface area (Å²) in [5, 5.41) is 8.53. The molecule has 0 aromatic heterocycles. The fraction of sp³-hybridized carbons (Fsp3) is 0.417. The third kappa shape index (κ3) is 18.0. The van der Waals surface area contributed by atoms with Crippen molar-refractivity contribution < 1.29 is 46.8 Å². The molecular formula is C48H63N4O10P. The lowest BCUT2D eigenvalue weighted by atomic mass is 9.92. The van der Waals surface area contributed by atoms with Crippen molar-refractivity contribution in [2.45, 2.75) is 93.0 Å². The summed E-state index contributed by atoms with van der Waals surface area (Å²) in [6.07, 6.45) is -0.888. The summed E-state index contributed by atoms with van der Waals surface area (Å²) in [7, 11) is -4.23. The van der Waals surface area contributed by atoms with E-state index in [9.17, 15) is 23.7 Å². The van der Waals surface area contributed by atoms with Crippen molar-refractivity contribution in [3.05, 3.63) is 125 Å².